The molecule has 4 rings (SSSR count). The molecule has 4 aromatic rings. The molecule has 0 bridgehead atoms. The minimum Gasteiger partial charge on any atom is -0.343 e. The van der Waals surface area contributed by atoms with Crippen molar-refractivity contribution in [3.8, 4) is 5.69 Å². The van der Waals surface area contributed by atoms with Crippen molar-refractivity contribution in [2.24, 2.45) is 0 Å². The van der Waals surface area contributed by atoms with Gasteiger partial charge in [-0.15, -0.1) is 0 Å². The zero-order valence-electron chi connectivity index (χ0n) is 15.3. The van der Waals surface area contributed by atoms with E-state index in [-0.39, 0.29) is 17.9 Å². The molecule has 2 N–H and O–H groups in total. The monoisotopic (exact) mass is 399 g/mol. The molecule has 2 aromatic heterocycles. The lowest BCUT2D eigenvalue weighted by Gasteiger charge is -2.09. The Morgan fingerprint density at radius 3 is 2.69 bits per heavy atom. The quantitative estimate of drug-likeness (QED) is 0.545. The zero-order valence-corrected chi connectivity index (χ0v) is 15.3. The van der Waals surface area contributed by atoms with Crippen LogP contribution >= 0.6 is 0 Å². The number of aromatic amines is 1. The first kappa shape index (κ1) is 18.7. The number of aromatic nitrogens is 4. The molecule has 0 radical (unpaired) electrons. The Bertz CT molecular complexity index is 1160. The highest BCUT2D eigenvalue weighted by Crippen LogP contribution is 2.30. The minimum atomic E-state index is -4.45. The average Bonchev–Trinajstić information content (AvgIpc) is 3.28. The van der Waals surface area contributed by atoms with Crippen LogP contribution in [0.4, 0.5) is 13.2 Å². The van der Waals surface area contributed by atoms with Crippen LogP contribution in [0.3, 0.4) is 0 Å². The third kappa shape index (κ3) is 3.84. The Hall–Kier alpha value is -3.62. The van der Waals surface area contributed by atoms with Crippen molar-refractivity contribution in [2.75, 3.05) is 0 Å². The van der Waals surface area contributed by atoms with Gasteiger partial charge in [-0.25, -0.2) is 9.67 Å². The summed E-state index contributed by atoms with van der Waals surface area (Å²) in [6.07, 6.45) is -4.45. The van der Waals surface area contributed by atoms with E-state index in [0.29, 0.717) is 11.5 Å². The lowest BCUT2D eigenvalue weighted by atomic mass is 10.2. The van der Waals surface area contributed by atoms with Crippen molar-refractivity contribution in [3.63, 3.8) is 0 Å². The van der Waals surface area contributed by atoms with Gasteiger partial charge in [-0.05, 0) is 43.3 Å². The van der Waals surface area contributed by atoms with Gasteiger partial charge in [0.1, 0.15) is 5.82 Å². The second-order valence-corrected chi connectivity index (χ2v) is 6.51. The van der Waals surface area contributed by atoms with E-state index < -0.39 is 17.6 Å². The van der Waals surface area contributed by atoms with E-state index in [4.69, 9.17) is 0 Å². The maximum absolute atomic E-state index is 13.0. The van der Waals surface area contributed by atoms with E-state index in [1.54, 1.807) is 6.92 Å². The van der Waals surface area contributed by atoms with Crippen LogP contribution in [0.25, 0.3) is 16.7 Å². The highest BCUT2D eigenvalue weighted by Gasteiger charge is 2.30. The number of nitrogens with one attached hydrogen (secondary N) is 2. The number of H-pyrrole nitrogens is 1. The number of imidazole rings is 1. The van der Waals surface area contributed by atoms with Gasteiger partial charge in [-0.2, -0.15) is 18.3 Å². The molecule has 0 saturated carbocycles. The number of nitrogens with zero attached hydrogens (tertiary/aromatic N) is 3. The summed E-state index contributed by atoms with van der Waals surface area (Å²) in [7, 11) is 0. The molecule has 6 nitrogen and oxygen atoms in total. The van der Waals surface area contributed by atoms with Gasteiger partial charge in [-0.1, -0.05) is 18.2 Å². The van der Waals surface area contributed by atoms with Crippen LogP contribution in [0.1, 0.15) is 27.6 Å². The maximum atomic E-state index is 13.0. The molecule has 2 aromatic carbocycles. The number of rotatable bonds is 4. The number of hydrogen-bond acceptors (Lipinski definition) is 3. The fraction of sp³-hybridized carbons (Fsp3) is 0.150. The molecule has 0 saturated heterocycles. The molecule has 29 heavy (non-hydrogen) atoms. The topological polar surface area (TPSA) is 75.6 Å². The summed E-state index contributed by atoms with van der Waals surface area (Å²) in [5, 5.41) is 6.88. The second kappa shape index (κ2) is 7.08. The van der Waals surface area contributed by atoms with Crippen molar-refractivity contribution in [3.05, 3.63) is 77.4 Å². The summed E-state index contributed by atoms with van der Waals surface area (Å²) in [5.74, 6) is 0.146. The molecular formula is C20H16F3N5O. The molecule has 0 unspecified atom stereocenters. The van der Waals surface area contributed by atoms with E-state index in [2.05, 4.69) is 20.4 Å². The molecule has 0 aliphatic rings. The molecule has 0 aliphatic carbocycles. The molecule has 0 spiro atoms. The van der Waals surface area contributed by atoms with Gasteiger partial charge >= 0.3 is 6.18 Å². The van der Waals surface area contributed by atoms with E-state index in [0.717, 1.165) is 23.2 Å². The third-order valence-corrected chi connectivity index (χ3v) is 4.39. The molecule has 1 amide bonds. The molecule has 2 heterocycles. The van der Waals surface area contributed by atoms with Crippen molar-refractivity contribution >= 4 is 16.9 Å². The number of alkyl halides is 3. The van der Waals surface area contributed by atoms with Crippen molar-refractivity contribution in [1.29, 1.82) is 0 Å². The van der Waals surface area contributed by atoms with Gasteiger partial charge in [0.25, 0.3) is 5.91 Å². The number of para-hydroxylation sites is 2. The lowest BCUT2D eigenvalue weighted by molar-refractivity contribution is -0.137. The second-order valence-electron chi connectivity index (χ2n) is 6.51. The van der Waals surface area contributed by atoms with Gasteiger partial charge in [-0.3, -0.25) is 4.79 Å². The number of fused-ring (bicyclic) bond motifs is 1. The first-order valence-corrected chi connectivity index (χ1v) is 8.77. The molecular weight excluding hydrogens is 383 g/mol. The number of amides is 1. The van der Waals surface area contributed by atoms with Crippen LogP contribution in [0.15, 0.2) is 54.6 Å². The van der Waals surface area contributed by atoms with Crippen LogP contribution in [-0.4, -0.2) is 25.7 Å². The van der Waals surface area contributed by atoms with E-state index >= 15 is 0 Å². The van der Waals surface area contributed by atoms with Gasteiger partial charge in [0.15, 0.2) is 5.69 Å². The normalized spacial score (nSPS) is 11.7. The Morgan fingerprint density at radius 1 is 1.14 bits per heavy atom. The van der Waals surface area contributed by atoms with Gasteiger partial charge in [0, 0.05) is 5.69 Å². The Balaban J connectivity index is 1.52. The number of benzene rings is 2. The maximum Gasteiger partial charge on any atom is 0.416 e. The predicted molar refractivity (Wildman–Crippen MR) is 101 cm³/mol. The number of carbonyl (C=O) groups is 1. The number of aryl methyl sites for hydroxylation is 1. The lowest BCUT2D eigenvalue weighted by Crippen LogP contribution is -2.24. The number of hydrogen-bond donors (Lipinski definition) is 2. The Kier molecular flexibility index (Phi) is 4.57. The summed E-state index contributed by atoms with van der Waals surface area (Å²) in [6.45, 7) is 1.84. The van der Waals surface area contributed by atoms with Crippen LogP contribution in [0.2, 0.25) is 0 Å². The van der Waals surface area contributed by atoms with Gasteiger partial charge in [0.05, 0.1) is 28.8 Å². The minimum absolute atomic E-state index is 0.107. The van der Waals surface area contributed by atoms with Crippen molar-refractivity contribution in [1.82, 2.24) is 25.1 Å². The highest BCUT2D eigenvalue weighted by molar-refractivity contribution is 5.92. The van der Waals surface area contributed by atoms with E-state index in [1.807, 2.05) is 24.3 Å². The fourth-order valence-corrected chi connectivity index (χ4v) is 3.00. The highest BCUT2D eigenvalue weighted by atomic mass is 19.4. The van der Waals surface area contributed by atoms with E-state index in [9.17, 15) is 18.0 Å². The van der Waals surface area contributed by atoms with Crippen molar-refractivity contribution < 1.29 is 18.0 Å². The number of halogens is 3. The Labute approximate surface area is 163 Å². The fourth-order valence-electron chi connectivity index (χ4n) is 3.00. The van der Waals surface area contributed by atoms with Crippen molar-refractivity contribution in [2.45, 2.75) is 19.6 Å². The summed E-state index contributed by atoms with van der Waals surface area (Å²) >= 11 is 0. The average molecular weight is 399 g/mol. The summed E-state index contributed by atoms with van der Waals surface area (Å²) < 4.78 is 40.2. The first-order chi connectivity index (χ1) is 13.8. The molecule has 9 heteroatoms. The smallest absolute Gasteiger partial charge is 0.343 e. The number of carbonyl (C=O) groups excluding carboxylic acids is 1. The first-order valence-electron chi connectivity index (χ1n) is 8.77. The van der Waals surface area contributed by atoms with Crippen LogP contribution in [0.5, 0.6) is 0 Å². The van der Waals surface area contributed by atoms with Crippen LogP contribution in [0, 0.1) is 6.92 Å². The van der Waals surface area contributed by atoms with E-state index in [1.165, 1.54) is 22.9 Å². The van der Waals surface area contributed by atoms with Crippen LogP contribution in [-0.2, 0) is 12.7 Å². The van der Waals surface area contributed by atoms with Crippen LogP contribution < -0.4 is 5.32 Å². The summed E-state index contributed by atoms with van der Waals surface area (Å²) in [4.78, 5) is 19.9. The summed E-state index contributed by atoms with van der Waals surface area (Å²) in [6, 6.07) is 13.8. The summed E-state index contributed by atoms with van der Waals surface area (Å²) in [5.41, 5.74) is 1.76. The SMILES string of the molecule is Cc1cc(C(=O)NCc2nc3ccccc3[nH]2)nn1-c1cccc(C(F)(F)F)c1. The largest absolute Gasteiger partial charge is 0.416 e. The van der Waals surface area contributed by atoms with Gasteiger partial charge in [0.2, 0.25) is 0 Å². The zero-order chi connectivity index (χ0) is 20.6. The van der Waals surface area contributed by atoms with Gasteiger partial charge < -0.3 is 10.3 Å². The predicted octanol–water partition coefficient (Wildman–Crippen LogP) is 4.01. The molecule has 0 aliphatic heterocycles. The standard InChI is InChI=1S/C20H16F3N5O/c1-12-9-17(27-28(12)14-6-4-5-13(10-14)20(21,22)23)19(29)24-11-18-25-15-7-2-3-8-16(15)26-18/h2-10H,11H2,1H3,(H,24,29)(H,25,26). The third-order valence-electron chi connectivity index (χ3n) is 4.39. The Morgan fingerprint density at radius 2 is 1.93 bits per heavy atom. The molecule has 148 valence electrons. The molecule has 0 fully saturated rings. The molecule has 0 atom stereocenters.